The molecule has 2 aliphatic rings. The maximum atomic E-state index is 13.5. The maximum absolute atomic E-state index is 13.5. The molecule has 2 aliphatic carbocycles. The van der Waals surface area contributed by atoms with Crippen molar-refractivity contribution in [1.82, 2.24) is 4.90 Å². The number of carbonyl (C=O) groups is 1. The van der Waals surface area contributed by atoms with Crippen molar-refractivity contribution in [2.45, 2.75) is 84.2 Å². The summed E-state index contributed by atoms with van der Waals surface area (Å²) < 4.78 is 0. The van der Waals surface area contributed by atoms with Crippen molar-refractivity contribution < 1.29 is 4.79 Å². The van der Waals surface area contributed by atoms with Gasteiger partial charge in [-0.05, 0) is 74.1 Å². The van der Waals surface area contributed by atoms with E-state index >= 15 is 0 Å². The van der Waals surface area contributed by atoms with Crippen LogP contribution in [-0.4, -0.2) is 17.0 Å². The second-order valence-corrected chi connectivity index (χ2v) is 9.83. The summed E-state index contributed by atoms with van der Waals surface area (Å²) in [5.74, 6) is 1.80. The average molecular weight is 419 g/mol. The third-order valence-corrected chi connectivity index (χ3v) is 7.59. The van der Waals surface area contributed by atoms with E-state index in [4.69, 9.17) is 0 Å². The number of carbonyl (C=O) groups excluding carboxylic acids is 1. The number of nitrogens with zero attached hydrogens (tertiary/aromatic N) is 1. The summed E-state index contributed by atoms with van der Waals surface area (Å²) in [7, 11) is 0. The fourth-order valence-electron chi connectivity index (χ4n) is 5.69. The van der Waals surface area contributed by atoms with Crippen molar-refractivity contribution in [2.75, 3.05) is 5.32 Å². The molecule has 2 aromatic carbocycles. The topological polar surface area (TPSA) is 32.3 Å². The third kappa shape index (κ3) is 5.70. The smallest absolute Gasteiger partial charge is 0.317 e. The van der Waals surface area contributed by atoms with Crippen LogP contribution in [0, 0.1) is 25.7 Å². The normalized spacial score (nSPS) is 22.1. The number of rotatable bonds is 5. The van der Waals surface area contributed by atoms with E-state index in [-0.39, 0.29) is 6.03 Å². The molecule has 3 heteroatoms. The van der Waals surface area contributed by atoms with E-state index < -0.39 is 0 Å². The monoisotopic (exact) mass is 418 g/mol. The van der Waals surface area contributed by atoms with E-state index in [1.165, 1.54) is 56.1 Å². The Morgan fingerprint density at radius 3 is 2.26 bits per heavy atom. The lowest BCUT2D eigenvalue weighted by Gasteiger charge is -2.40. The maximum Gasteiger partial charge on any atom is 0.322 e. The predicted molar refractivity (Wildman–Crippen MR) is 129 cm³/mol. The minimum atomic E-state index is 0.0404. The molecule has 0 heterocycles. The van der Waals surface area contributed by atoms with Crippen LogP contribution in [-0.2, 0) is 6.54 Å². The number of nitrogens with one attached hydrogen (secondary N) is 1. The van der Waals surface area contributed by atoms with Gasteiger partial charge < -0.3 is 10.2 Å². The summed E-state index contributed by atoms with van der Waals surface area (Å²) in [6.07, 6.45) is 11.9. The molecule has 0 bridgehead atoms. The van der Waals surface area contributed by atoms with Gasteiger partial charge in [0.1, 0.15) is 0 Å². The van der Waals surface area contributed by atoms with E-state index in [0.29, 0.717) is 12.6 Å². The zero-order valence-electron chi connectivity index (χ0n) is 19.3. The molecule has 0 aromatic heterocycles. The molecular formula is C28H38N2O. The Morgan fingerprint density at radius 1 is 0.871 bits per heavy atom. The summed E-state index contributed by atoms with van der Waals surface area (Å²) in [5, 5.41) is 3.23. The lowest BCUT2D eigenvalue weighted by Crippen LogP contribution is -2.44. The first-order valence-electron chi connectivity index (χ1n) is 12.3. The van der Waals surface area contributed by atoms with Crippen LogP contribution >= 0.6 is 0 Å². The highest BCUT2D eigenvalue weighted by Crippen LogP contribution is 2.39. The molecule has 0 atom stereocenters. The van der Waals surface area contributed by atoms with Gasteiger partial charge in [0.2, 0.25) is 0 Å². The Hall–Kier alpha value is -2.29. The Balaban J connectivity index is 1.46. The third-order valence-electron chi connectivity index (χ3n) is 7.59. The van der Waals surface area contributed by atoms with Gasteiger partial charge in [-0.1, -0.05) is 74.6 Å². The van der Waals surface area contributed by atoms with Gasteiger partial charge in [0, 0.05) is 18.3 Å². The summed E-state index contributed by atoms with van der Waals surface area (Å²) in [4.78, 5) is 15.6. The van der Waals surface area contributed by atoms with Crippen LogP contribution < -0.4 is 5.32 Å². The number of urea groups is 1. The van der Waals surface area contributed by atoms with Crippen molar-refractivity contribution in [3.8, 4) is 0 Å². The predicted octanol–water partition coefficient (Wildman–Crippen LogP) is 7.48. The molecule has 0 unspecified atom stereocenters. The highest BCUT2D eigenvalue weighted by Gasteiger charge is 2.32. The minimum Gasteiger partial charge on any atom is -0.317 e. The second-order valence-electron chi connectivity index (χ2n) is 9.83. The molecule has 2 amide bonds. The van der Waals surface area contributed by atoms with E-state index in [1.807, 2.05) is 6.07 Å². The Kier molecular flexibility index (Phi) is 7.32. The summed E-state index contributed by atoms with van der Waals surface area (Å²) in [5.41, 5.74) is 4.41. The zero-order valence-corrected chi connectivity index (χ0v) is 19.3. The second kappa shape index (κ2) is 10.3. The molecule has 2 fully saturated rings. The quantitative estimate of drug-likeness (QED) is 0.536. The number of amides is 2. The van der Waals surface area contributed by atoms with Crippen LogP contribution in [0.2, 0.25) is 0 Å². The van der Waals surface area contributed by atoms with E-state index in [2.05, 4.69) is 66.5 Å². The standard InChI is InChI=1S/C28H38N2O/c1-21-13-14-22(2)27(19-21)29-28(31)30(20-23-9-5-3-6-10-23)26-17-15-25(16-18-26)24-11-7-4-8-12-24/h3,5-6,9-10,13-14,19,24-26H,4,7-8,11-12,15-18,20H2,1-2H3,(H,29,31). The van der Waals surface area contributed by atoms with Gasteiger partial charge in [-0.15, -0.1) is 0 Å². The van der Waals surface area contributed by atoms with Gasteiger partial charge in [-0.3, -0.25) is 0 Å². The van der Waals surface area contributed by atoms with E-state index in [0.717, 1.165) is 35.9 Å². The van der Waals surface area contributed by atoms with Gasteiger partial charge in [0.05, 0.1) is 0 Å². The van der Waals surface area contributed by atoms with E-state index in [9.17, 15) is 4.79 Å². The Morgan fingerprint density at radius 2 is 1.55 bits per heavy atom. The molecule has 0 saturated heterocycles. The fourth-order valence-corrected chi connectivity index (χ4v) is 5.69. The molecule has 0 aliphatic heterocycles. The van der Waals surface area contributed by atoms with Gasteiger partial charge in [0.15, 0.2) is 0 Å². The molecule has 0 radical (unpaired) electrons. The molecule has 2 aromatic rings. The number of hydrogen-bond donors (Lipinski definition) is 1. The number of benzene rings is 2. The van der Waals surface area contributed by atoms with Crippen LogP contribution in [0.4, 0.5) is 10.5 Å². The van der Waals surface area contributed by atoms with Crippen molar-refractivity contribution in [1.29, 1.82) is 0 Å². The summed E-state index contributed by atoms with van der Waals surface area (Å²) >= 11 is 0. The van der Waals surface area contributed by atoms with Crippen LogP contribution in [0.15, 0.2) is 48.5 Å². The SMILES string of the molecule is Cc1ccc(C)c(NC(=O)N(Cc2ccccc2)C2CCC(C3CCCCC3)CC2)c1. The van der Waals surface area contributed by atoms with Gasteiger partial charge in [-0.25, -0.2) is 4.79 Å². The Bertz CT molecular complexity index is 849. The summed E-state index contributed by atoms with van der Waals surface area (Å²) in [6.45, 7) is 4.81. The molecule has 166 valence electrons. The fraction of sp³-hybridized carbons (Fsp3) is 0.536. The first kappa shape index (κ1) is 21.9. The number of hydrogen-bond acceptors (Lipinski definition) is 1. The molecular weight excluding hydrogens is 380 g/mol. The number of aryl methyl sites for hydroxylation is 2. The average Bonchev–Trinajstić information content (AvgIpc) is 2.81. The molecule has 0 spiro atoms. The van der Waals surface area contributed by atoms with Crippen LogP contribution in [0.1, 0.15) is 74.5 Å². The molecule has 1 N–H and O–H groups in total. The zero-order chi connectivity index (χ0) is 21.6. The van der Waals surface area contributed by atoms with Crippen LogP contribution in [0.5, 0.6) is 0 Å². The molecule has 4 rings (SSSR count). The van der Waals surface area contributed by atoms with Crippen LogP contribution in [0.3, 0.4) is 0 Å². The van der Waals surface area contributed by atoms with E-state index in [1.54, 1.807) is 0 Å². The van der Waals surface area contributed by atoms with Crippen molar-refractivity contribution in [2.24, 2.45) is 11.8 Å². The lowest BCUT2D eigenvalue weighted by atomic mass is 9.72. The summed E-state index contributed by atoms with van der Waals surface area (Å²) in [6, 6.07) is 17.1. The minimum absolute atomic E-state index is 0.0404. The van der Waals surface area contributed by atoms with Gasteiger partial charge >= 0.3 is 6.03 Å². The van der Waals surface area contributed by atoms with Gasteiger partial charge in [-0.2, -0.15) is 0 Å². The molecule has 2 saturated carbocycles. The Labute approximate surface area is 188 Å². The van der Waals surface area contributed by atoms with Gasteiger partial charge in [0.25, 0.3) is 0 Å². The largest absolute Gasteiger partial charge is 0.322 e. The highest BCUT2D eigenvalue weighted by atomic mass is 16.2. The van der Waals surface area contributed by atoms with Crippen molar-refractivity contribution in [3.05, 3.63) is 65.2 Å². The lowest BCUT2D eigenvalue weighted by molar-refractivity contribution is 0.120. The van der Waals surface area contributed by atoms with Crippen LogP contribution in [0.25, 0.3) is 0 Å². The molecule has 3 nitrogen and oxygen atoms in total. The van der Waals surface area contributed by atoms with Crippen molar-refractivity contribution >= 4 is 11.7 Å². The molecule has 31 heavy (non-hydrogen) atoms. The van der Waals surface area contributed by atoms with Crippen molar-refractivity contribution in [3.63, 3.8) is 0 Å². The highest BCUT2D eigenvalue weighted by molar-refractivity contribution is 5.90. The first-order chi connectivity index (χ1) is 15.1. The first-order valence-corrected chi connectivity index (χ1v) is 12.3. The number of anilines is 1.